The van der Waals surface area contributed by atoms with Crippen LogP contribution in [0.25, 0.3) is 5.69 Å². The zero-order valence-corrected chi connectivity index (χ0v) is 16.8. The highest BCUT2D eigenvalue weighted by Crippen LogP contribution is 2.22. The van der Waals surface area contributed by atoms with Gasteiger partial charge in [0.25, 0.3) is 5.17 Å². The number of nitrogens with zero attached hydrogens (tertiary/aromatic N) is 3. The Hall–Kier alpha value is -3.35. The third-order valence-corrected chi connectivity index (χ3v) is 4.06. The zero-order chi connectivity index (χ0) is 22.1. The molecule has 0 atom stereocenters. The quantitative estimate of drug-likeness (QED) is 0.314. The van der Waals surface area contributed by atoms with Crippen LogP contribution in [0.4, 0.5) is 14.5 Å². The standard InChI is InChI=1S/C17H20F2N6O4S/c1-29-17(30)22-8-10-9-25(24-23-10)11-6-12(18)16(13(19)7-11)21-5-4-20-14(26)2-3-15(27)28/h6-7,9,21H,2-5,8H2,1H3,(H,20,26)(H,22,30)(H,27,28). The fraction of sp³-hybridized carbons (Fsp3) is 0.353. The fourth-order valence-electron chi connectivity index (χ4n) is 2.30. The van der Waals surface area contributed by atoms with Crippen LogP contribution < -0.4 is 16.0 Å². The number of benzene rings is 1. The number of aromatic nitrogens is 3. The zero-order valence-electron chi connectivity index (χ0n) is 15.9. The van der Waals surface area contributed by atoms with Crippen LogP contribution in [0.5, 0.6) is 0 Å². The van der Waals surface area contributed by atoms with Crippen LogP contribution in [0.1, 0.15) is 18.5 Å². The molecule has 30 heavy (non-hydrogen) atoms. The number of carbonyl (C=O) groups excluding carboxylic acids is 1. The molecule has 1 aromatic heterocycles. The van der Waals surface area contributed by atoms with E-state index in [0.29, 0.717) is 5.69 Å². The minimum Gasteiger partial charge on any atom is -0.481 e. The molecule has 0 spiro atoms. The number of amides is 1. The number of hydrogen-bond acceptors (Lipinski definition) is 7. The number of thiocarbonyl (C=S) groups is 1. The largest absolute Gasteiger partial charge is 0.481 e. The highest BCUT2D eigenvalue weighted by atomic mass is 32.1. The van der Waals surface area contributed by atoms with Crippen molar-refractivity contribution < 1.29 is 28.2 Å². The molecule has 2 aromatic rings. The molecular weight excluding hydrogens is 422 g/mol. The number of aliphatic carboxylic acids is 1. The molecule has 0 radical (unpaired) electrons. The van der Waals surface area contributed by atoms with Crippen LogP contribution in [0.15, 0.2) is 18.3 Å². The van der Waals surface area contributed by atoms with E-state index in [-0.39, 0.29) is 49.0 Å². The Morgan fingerprint density at radius 1 is 1.20 bits per heavy atom. The van der Waals surface area contributed by atoms with Crippen molar-refractivity contribution in [3.05, 3.63) is 35.7 Å². The maximum atomic E-state index is 14.3. The Morgan fingerprint density at radius 2 is 1.90 bits per heavy atom. The molecule has 13 heteroatoms. The Balaban J connectivity index is 1.92. The summed E-state index contributed by atoms with van der Waals surface area (Å²) in [7, 11) is 1.42. The van der Waals surface area contributed by atoms with E-state index in [1.165, 1.54) is 18.0 Å². The normalized spacial score (nSPS) is 10.4. The predicted molar refractivity (Wildman–Crippen MR) is 106 cm³/mol. The lowest BCUT2D eigenvalue weighted by Crippen LogP contribution is -2.29. The number of anilines is 1. The van der Waals surface area contributed by atoms with Gasteiger partial charge in [0.05, 0.1) is 32.0 Å². The molecule has 0 aliphatic carbocycles. The minimum absolute atomic E-state index is 0.0462. The topological polar surface area (TPSA) is 130 Å². The van der Waals surface area contributed by atoms with Crippen molar-refractivity contribution in [3.8, 4) is 5.69 Å². The van der Waals surface area contributed by atoms with Gasteiger partial charge in [-0.15, -0.1) is 5.10 Å². The molecule has 1 heterocycles. The van der Waals surface area contributed by atoms with Crippen molar-refractivity contribution >= 4 is 35.0 Å². The Kier molecular flexibility index (Phi) is 8.41. The average Bonchev–Trinajstić information content (AvgIpc) is 3.18. The van der Waals surface area contributed by atoms with E-state index in [0.717, 1.165) is 12.1 Å². The second-order valence-electron chi connectivity index (χ2n) is 5.95. The van der Waals surface area contributed by atoms with Gasteiger partial charge in [-0.05, 0) is 12.2 Å². The summed E-state index contributed by atoms with van der Waals surface area (Å²) in [6.45, 7) is 0.349. The van der Waals surface area contributed by atoms with Gasteiger partial charge in [0.15, 0.2) is 11.6 Å². The van der Waals surface area contributed by atoms with Gasteiger partial charge < -0.3 is 25.8 Å². The lowest BCUT2D eigenvalue weighted by Gasteiger charge is -2.11. The lowest BCUT2D eigenvalue weighted by atomic mass is 10.2. The second-order valence-corrected chi connectivity index (χ2v) is 6.33. The highest BCUT2D eigenvalue weighted by molar-refractivity contribution is 7.80. The van der Waals surface area contributed by atoms with Crippen LogP contribution in [0, 0.1) is 11.6 Å². The second kappa shape index (κ2) is 11.0. The SMILES string of the molecule is COC(=S)NCc1cn(-c2cc(F)c(NCCNC(=O)CCC(=O)O)c(F)c2)nn1. The molecule has 1 aromatic carbocycles. The van der Waals surface area contributed by atoms with Crippen molar-refractivity contribution in [3.63, 3.8) is 0 Å². The Morgan fingerprint density at radius 3 is 2.53 bits per heavy atom. The molecule has 2 rings (SSSR count). The van der Waals surface area contributed by atoms with Gasteiger partial charge in [-0.3, -0.25) is 9.59 Å². The first kappa shape index (κ1) is 22.9. The van der Waals surface area contributed by atoms with E-state index < -0.39 is 23.5 Å². The Bertz CT molecular complexity index is 900. The number of carboxylic acid groups (broad SMARTS) is 1. The molecule has 162 valence electrons. The first-order chi connectivity index (χ1) is 14.3. The summed E-state index contributed by atoms with van der Waals surface area (Å²) in [5.74, 6) is -3.24. The van der Waals surface area contributed by atoms with Crippen molar-refractivity contribution in [2.45, 2.75) is 19.4 Å². The first-order valence-electron chi connectivity index (χ1n) is 8.75. The van der Waals surface area contributed by atoms with Crippen molar-refractivity contribution in [2.75, 3.05) is 25.5 Å². The summed E-state index contributed by atoms with van der Waals surface area (Å²) in [5, 5.41) is 24.2. The van der Waals surface area contributed by atoms with Crippen LogP contribution in [-0.4, -0.2) is 57.4 Å². The van der Waals surface area contributed by atoms with Crippen LogP contribution in [0.3, 0.4) is 0 Å². The molecule has 0 fully saturated rings. The van der Waals surface area contributed by atoms with E-state index >= 15 is 0 Å². The average molecular weight is 442 g/mol. The smallest absolute Gasteiger partial charge is 0.303 e. The van der Waals surface area contributed by atoms with Gasteiger partial charge in [0.1, 0.15) is 11.4 Å². The van der Waals surface area contributed by atoms with Gasteiger partial charge in [-0.2, -0.15) is 0 Å². The lowest BCUT2D eigenvalue weighted by molar-refractivity contribution is -0.138. The van der Waals surface area contributed by atoms with Crippen LogP contribution >= 0.6 is 12.2 Å². The number of methoxy groups -OCH3 is 1. The molecule has 0 saturated heterocycles. The molecular formula is C17H20F2N6O4S. The van der Waals surface area contributed by atoms with E-state index in [1.807, 2.05) is 0 Å². The van der Waals surface area contributed by atoms with Crippen molar-refractivity contribution in [2.24, 2.45) is 0 Å². The maximum Gasteiger partial charge on any atom is 0.303 e. The van der Waals surface area contributed by atoms with Gasteiger partial charge in [0.2, 0.25) is 5.91 Å². The van der Waals surface area contributed by atoms with Gasteiger partial charge in [-0.1, -0.05) is 5.21 Å². The molecule has 10 nitrogen and oxygen atoms in total. The molecule has 0 aliphatic rings. The molecule has 4 N–H and O–H groups in total. The van der Waals surface area contributed by atoms with Crippen LogP contribution in [-0.2, 0) is 20.9 Å². The fourth-order valence-corrected chi connectivity index (χ4v) is 2.37. The number of carbonyl (C=O) groups is 2. The van der Waals surface area contributed by atoms with Crippen molar-refractivity contribution in [1.29, 1.82) is 0 Å². The summed E-state index contributed by atoms with van der Waals surface area (Å²) in [6, 6.07) is 2.17. The van der Waals surface area contributed by atoms with Gasteiger partial charge in [-0.25, -0.2) is 13.5 Å². The van der Waals surface area contributed by atoms with E-state index in [9.17, 15) is 18.4 Å². The number of hydrogen-bond donors (Lipinski definition) is 4. The number of halogens is 2. The van der Waals surface area contributed by atoms with Gasteiger partial charge >= 0.3 is 5.97 Å². The number of carboxylic acids is 1. The summed E-state index contributed by atoms with van der Waals surface area (Å²) < 4.78 is 34.7. The van der Waals surface area contributed by atoms with E-state index in [1.54, 1.807) is 0 Å². The minimum atomic E-state index is -1.08. The monoisotopic (exact) mass is 442 g/mol. The third-order valence-electron chi connectivity index (χ3n) is 3.75. The number of nitrogens with one attached hydrogen (secondary N) is 3. The number of rotatable bonds is 10. The molecule has 0 aliphatic heterocycles. The summed E-state index contributed by atoms with van der Waals surface area (Å²) in [6.07, 6.45) is 1.03. The summed E-state index contributed by atoms with van der Waals surface area (Å²) in [4.78, 5) is 21.8. The first-order valence-corrected chi connectivity index (χ1v) is 9.15. The highest BCUT2D eigenvalue weighted by Gasteiger charge is 2.13. The van der Waals surface area contributed by atoms with E-state index in [2.05, 4.69) is 26.3 Å². The van der Waals surface area contributed by atoms with Crippen molar-refractivity contribution in [1.82, 2.24) is 25.6 Å². The predicted octanol–water partition coefficient (Wildman–Crippen LogP) is 0.959. The molecule has 0 unspecified atom stereocenters. The van der Waals surface area contributed by atoms with E-state index in [4.69, 9.17) is 22.1 Å². The van der Waals surface area contributed by atoms with Gasteiger partial charge in [0, 0.05) is 31.6 Å². The summed E-state index contributed by atoms with van der Waals surface area (Å²) >= 11 is 4.84. The third kappa shape index (κ3) is 6.92. The molecule has 1 amide bonds. The summed E-state index contributed by atoms with van der Waals surface area (Å²) in [5.41, 5.74) is 0.257. The molecule has 0 bridgehead atoms. The number of ether oxygens (including phenoxy) is 1. The van der Waals surface area contributed by atoms with Crippen LogP contribution in [0.2, 0.25) is 0 Å². The maximum absolute atomic E-state index is 14.3. The molecule has 0 saturated carbocycles. The Labute approximate surface area is 175 Å².